The Kier molecular flexibility index (Phi) is 7.91. The number of furan rings is 1. The van der Waals surface area contributed by atoms with Crippen molar-refractivity contribution in [1.29, 1.82) is 0 Å². The van der Waals surface area contributed by atoms with Gasteiger partial charge in [-0.15, -0.1) is 0 Å². The maximum Gasteiger partial charge on any atom is 0.167 e. The Bertz CT molecular complexity index is 4300. The van der Waals surface area contributed by atoms with Gasteiger partial charge in [-0.3, -0.25) is 0 Å². The largest absolute Gasteiger partial charge is 0.455 e. The molecule has 306 valence electrons. The highest BCUT2D eigenvalue weighted by molar-refractivity contribution is 6.25. The van der Waals surface area contributed by atoms with Gasteiger partial charge in [0.25, 0.3) is 0 Å². The zero-order valence-corrected chi connectivity index (χ0v) is 35.5. The number of aromatic nitrogens is 4. The third kappa shape index (κ3) is 5.70. The van der Waals surface area contributed by atoms with E-state index in [-0.39, 0.29) is 0 Å². The van der Waals surface area contributed by atoms with E-state index < -0.39 is 0 Å². The van der Waals surface area contributed by atoms with Crippen LogP contribution in [0.5, 0.6) is 0 Å². The Balaban J connectivity index is 1.08. The number of rotatable bonds is 5. The molecule has 0 atom stereocenters. The van der Waals surface area contributed by atoms with Crippen molar-refractivity contribution in [2.75, 3.05) is 0 Å². The Morgan fingerprint density at radius 1 is 0.318 bits per heavy atom. The highest BCUT2D eigenvalue weighted by Gasteiger charge is 2.24. The molecule has 0 N–H and O–H groups in total. The van der Waals surface area contributed by atoms with Crippen molar-refractivity contribution >= 4 is 86.8 Å². The lowest BCUT2D eigenvalue weighted by Crippen LogP contribution is -2.01. The SMILES string of the molecule is c1ccc(-c2cccc(-c3nc(-c4ccc5ccccc5c4)nc(-c4ccc(-n5c6cc7ccccc7cc6c6c7ccccc7ccc65)c5c4oc4cc6ccccc6cc45)n3)c2)cc1. The molecular formula is C61H36N4O. The van der Waals surface area contributed by atoms with Gasteiger partial charge in [0.15, 0.2) is 17.5 Å². The molecule has 5 heteroatoms. The fourth-order valence-electron chi connectivity index (χ4n) is 10.2. The molecular weight excluding hydrogens is 805 g/mol. The molecule has 0 aliphatic rings. The van der Waals surface area contributed by atoms with Crippen LogP contribution >= 0.6 is 0 Å². The molecule has 0 saturated carbocycles. The average Bonchev–Trinajstić information content (AvgIpc) is 3.92. The van der Waals surface area contributed by atoms with Crippen molar-refractivity contribution in [3.05, 3.63) is 218 Å². The van der Waals surface area contributed by atoms with Gasteiger partial charge in [-0.1, -0.05) is 164 Å². The summed E-state index contributed by atoms with van der Waals surface area (Å²) in [6.07, 6.45) is 0. The van der Waals surface area contributed by atoms with Crippen molar-refractivity contribution in [3.8, 4) is 51.0 Å². The standard InChI is InChI=1S/C61H36N4O/c1-2-13-37(14-3-1)41-22-12-23-46(31-41)59-62-60(47-26-25-38-15-4-5-17-40(38)32-47)64-61(63-59)49-28-30-53(57-51-34-43-19-7-9-21-45(43)36-55(51)66-58(49)57)65-52-29-27-39-16-10-11-24-48(39)56(52)50-33-42-18-6-8-20-44(42)35-54(50)65/h1-36H. The molecule has 14 rings (SSSR count). The van der Waals surface area contributed by atoms with E-state index in [1.54, 1.807) is 0 Å². The monoisotopic (exact) mass is 840 g/mol. The van der Waals surface area contributed by atoms with E-state index in [0.29, 0.717) is 23.1 Å². The van der Waals surface area contributed by atoms with Crippen LogP contribution in [0.25, 0.3) is 138 Å². The molecule has 0 bridgehead atoms. The molecule has 5 nitrogen and oxygen atoms in total. The van der Waals surface area contributed by atoms with Gasteiger partial charge in [0, 0.05) is 27.3 Å². The van der Waals surface area contributed by atoms with Gasteiger partial charge in [0.2, 0.25) is 0 Å². The summed E-state index contributed by atoms with van der Waals surface area (Å²) in [5.41, 5.74) is 9.60. The maximum absolute atomic E-state index is 7.16. The molecule has 0 fully saturated rings. The van der Waals surface area contributed by atoms with E-state index >= 15 is 0 Å². The third-order valence-corrected chi connectivity index (χ3v) is 13.3. The highest BCUT2D eigenvalue weighted by Crippen LogP contribution is 2.45. The number of fused-ring (bicyclic) bond motifs is 11. The van der Waals surface area contributed by atoms with Crippen LogP contribution in [0.1, 0.15) is 0 Å². The van der Waals surface area contributed by atoms with Crippen LogP contribution in [0.4, 0.5) is 0 Å². The summed E-state index contributed by atoms with van der Waals surface area (Å²) in [6, 6.07) is 77.6. The van der Waals surface area contributed by atoms with E-state index in [1.807, 2.05) is 6.07 Å². The summed E-state index contributed by atoms with van der Waals surface area (Å²) < 4.78 is 9.60. The smallest absolute Gasteiger partial charge is 0.167 e. The normalized spacial score (nSPS) is 11.9. The average molecular weight is 841 g/mol. The Hall–Kier alpha value is -8.93. The second-order valence-corrected chi connectivity index (χ2v) is 17.2. The molecule has 0 amide bonds. The van der Waals surface area contributed by atoms with Gasteiger partial charge in [-0.2, -0.15) is 0 Å². The van der Waals surface area contributed by atoms with Gasteiger partial charge in [-0.05, 0) is 109 Å². The van der Waals surface area contributed by atoms with Gasteiger partial charge in [0.05, 0.1) is 27.7 Å². The van der Waals surface area contributed by atoms with E-state index in [9.17, 15) is 0 Å². The van der Waals surface area contributed by atoms with E-state index in [1.165, 1.54) is 32.3 Å². The zero-order valence-electron chi connectivity index (χ0n) is 35.5. The molecule has 11 aromatic carbocycles. The fourth-order valence-corrected chi connectivity index (χ4v) is 10.2. The van der Waals surface area contributed by atoms with E-state index in [2.05, 4.69) is 217 Å². The first-order valence-electron chi connectivity index (χ1n) is 22.3. The predicted octanol–water partition coefficient (Wildman–Crippen LogP) is 16.1. The van der Waals surface area contributed by atoms with Gasteiger partial charge in [-0.25, -0.2) is 15.0 Å². The summed E-state index contributed by atoms with van der Waals surface area (Å²) in [4.78, 5) is 15.9. The van der Waals surface area contributed by atoms with Crippen LogP contribution in [0, 0.1) is 0 Å². The molecule has 0 unspecified atom stereocenters. The molecule has 66 heavy (non-hydrogen) atoms. The molecule has 14 aromatic rings. The summed E-state index contributed by atoms with van der Waals surface area (Å²) in [6.45, 7) is 0. The number of benzene rings is 11. The predicted molar refractivity (Wildman–Crippen MR) is 273 cm³/mol. The molecule has 3 heterocycles. The van der Waals surface area contributed by atoms with Gasteiger partial charge in [0.1, 0.15) is 11.2 Å². The second kappa shape index (κ2) is 14.3. The molecule has 0 aliphatic heterocycles. The summed E-state index contributed by atoms with van der Waals surface area (Å²) in [5.74, 6) is 1.71. The van der Waals surface area contributed by atoms with Crippen molar-refractivity contribution in [2.45, 2.75) is 0 Å². The van der Waals surface area contributed by atoms with Crippen LogP contribution in [0.3, 0.4) is 0 Å². The zero-order chi connectivity index (χ0) is 43.3. The van der Waals surface area contributed by atoms with E-state index in [0.717, 1.165) is 82.4 Å². The first-order valence-corrected chi connectivity index (χ1v) is 22.3. The maximum atomic E-state index is 7.16. The lowest BCUT2D eigenvalue weighted by Gasteiger charge is -2.13. The highest BCUT2D eigenvalue weighted by atomic mass is 16.3. The van der Waals surface area contributed by atoms with Crippen LogP contribution in [-0.2, 0) is 0 Å². The Morgan fingerprint density at radius 3 is 1.67 bits per heavy atom. The minimum absolute atomic E-state index is 0.535. The second-order valence-electron chi connectivity index (χ2n) is 17.2. The van der Waals surface area contributed by atoms with Gasteiger partial charge >= 0.3 is 0 Å². The quantitative estimate of drug-likeness (QED) is 0.173. The van der Waals surface area contributed by atoms with Crippen LogP contribution in [0.15, 0.2) is 223 Å². The third-order valence-electron chi connectivity index (χ3n) is 13.3. The molecule has 0 spiro atoms. The Labute approximate surface area is 378 Å². The number of nitrogens with zero attached hydrogens (tertiary/aromatic N) is 4. The summed E-state index contributed by atoms with van der Waals surface area (Å²) >= 11 is 0. The van der Waals surface area contributed by atoms with Crippen molar-refractivity contribution in [2.24, 2.45) is 0 Å². The van der Waals surface area contributed by atoms with Crippen molar-refractivity contribution in [3.63, 3.8) is 0 Å². The van der Waals surface area contributed by atoms with Gasteiger partial charge < -0.3 is 8.98 Å². The van der Waals surface area contributed by atoms with Crippen LogP contribution in [0.2, 0.25) is 0 Å². The lowest BCUT2D eigenvalue weighted by molar-refractivity contribution is 0.670. The topological polar surface area (TPSA) is 56.7 Å². The minimum Gasteiger partial charge on any atom is -0.455 e. The van der Waals surface area contributed by atoms with Crippen molar-refractivity contribution < 1.29 is 4.42 Å². The lowest BCUT2D eigenvalue weighted by atomic mass is 10.0. The Morgan fingerprint density at radius 2 is 0.894 bits per heavy atom. The molecule has 0 saturated heterocycles. The number of hydrogen-bond donors (Lipinski definition) is 0. The van der Waals surface area contributed by atoms with Crippen LogP contribution < -0.4 is 0 Å². The fraction of sp³-hybridized carbons (Fsp3) is 0. The molecule has 3 aromatic heterocycles. The summed E-state index contributed by atoms with van der Waals surface area (Å²) in [5, 5.41) is 13.8. The van der Waals surface area contributed by atoms with E-state index in [4.69, 9.17) is 19.4 Å². The number of hydrogen-bond acceptors (Lipinski definition) is 4. The first-order chi connectivity index (χ1) is 32.7. The minimum atomic E-state index is 0.535. The summed E-state index contributed by atoms with van der Waals surface area (Å²) in [7, 11) is 0. The van der Waals surface area contributed by atoms with Crippen LogP contribution in [-0.4, -0.2) is 19.5 Å². The van der Waals surface area contributed by atoms with Crippen molar-refractivity contribution in [1.82, 2.24) is 19.5 Å². The molecule has 0 aliphatic carbocycles. The first kappa shape index (κ1) is 36.5. The molecule has 0 radical (unpaired) electrons.